The average Bonchev–Trinajstić information content (AvgIpc) is 3.02. The number of esters is 1. The third-order valence-corrected chi connectivity index (χ3v) is 4.19. The highest BCUT2D eigenvalue weighted by molar-refractivity contribution is 5.98. The van der Waals surface area contributed by atoms with E-state index < -0.39 is 45.9 Å². The van der Waals surface area contributed by atoms with Crippen molar-refractivity contribution in [2.75, 3.05) is 0 Å². The lowest BCUT2D eigenvalue weighted by Crippen LogP contribution is -2.30. The minimum atomic E-state index is -4.55. The van der Waals surface area contributed by atoms with E-state index in [-0.39, 0.29) is 16.5 Å². The van der Waals surface area contributed by atoms with Gasteiger partial charge in [-0.1, -0.05) is 12.1 Å². The molecule has 0 amide bonds. The highest BCUT2D eigenvalue weighted by atomic mass is 19.4. The van der Waals surface area contributed by atoms with E-state index in [2.05, 4.69) is 5.10 Å². The van der Waals surface area contributed by atoms with Crippen LogP contribution in [0.4, 0.5) is 23.2 Å². The van der Waals surface area contributed by atoms with Crippen molar-refractivity contribution < 1.29 is 32.0 Å². The number of nitro benzene ring substituents is 1. The second-order valence-corrected chi connectivity index (χ2v) is 5.76. The van der Waals surface area contributed by atoms with Crippen molar-refractivity contribution in [3.8, 4) is 5.75 Å². The summed E-state index contributed by atoms with van der Waals surface area (Å²) in [5, 5.41) is 15.0. The summed E-state index contributed by atoms with van der Waals surface area (Å²) in [6, 6.07) is 3.02. The maximum Gasteiger partial charge on any atom is 0.416 e. The molecule has 0 saturated heterocycles. The molecule has 0 spiro atoms. The van der Waals surface area contributed by atoms with E-state index in [0.29, 0.717) is 6.07 Å². The summed E-state index contributed by atoms with van der Waals surface area (Å²) in [5.74, 6) is -2.60. The van der Waals surface area contributed by atoms with Crippen LogP contribution >= 0.6 is 0 Å². The SMILES string of the molecule is O=C1Oc2c(F)cc([N+](=O)[O-])c3cnn(c23)C1c1ccc(C(F)(F)F)cc1. The van der Waals surface area contributed by atoms with Gasteiger partial charge < -0.3 is 4.74 Å². The monoisotopic (exact) mass is 381 g/mol. The van der Waals surface area contributed by atoms with Crippen molar-refractivity contribution in [3.63, 3.8) is 0 Å². The number of alkyl halides is 3. The number of non-ortho nitro benzene ring substituents is 1. The van der Waals surface area contributed by atoms with Crippen molar-refractivity contribution in [2.24, 2.45) is 0 Å². The van der Waals surface area contributed by atoms with Gasteiger partial charge in [-0.15, -0.1) is 0 Å². The molecule has 0 fully saturated rings. The summed E-state index contributed by atoms with van der Waals surface area (Å²) in [5.41, 5.74) is -1.49. The van der Waals surface area contributed by atoms with Gasteiger partial charge in [-0.05, 0) is 17.7 Å². The van der Waals surface area contributed by atoms with Crippen molar-refractivity contribution in [1.29, 1.82) is 0 Å². The number of carbonyl (C=O) groups excluding carboxylic acids is 1. The van der Waals surface area contributed by atoms with Gasteiger partial charge in [0.05, 0.1) is 22.7 Å². The second-order valence-electron chi connectivity index (χ2n) is 5.76. The van der Waals surface area contributed by atoms with Crippen LogP contribution in [-0.4, -0.2) is 20.7 Å². The molecule has 138 valence electrons. The third-order valence-electron chi connectivity index (χ3n) is 4.19. The topological polar surface area (TPSA) is 87.3 Å². The first kappa shape index (κ1) is 16.9. The molecule has 3 aromatic rings. The summed E-state index contributed by atoms with van der Waals surface area (Å²) in [6.07, 6.45) is -3.48. The van der Waals surface area contributed by atoms with Crippen molar-refractivity contribution in [3.05, 3.63) is 63.6 Å². The van der Waals surface area contributed by atoms with Crippen LogP contribution in [0.15, 0.2) is 36.5 Å². The zero-order valence-corrected chi connectivity index (χ0v) is 13.0. The van der Waals surface area contributed by atoms with Gasteiger partial charge in [0.2, 0.25) is 0 Å². The molecule has 1 atom stereocenters. The van der Waals surface area contributed by atoms with Crippen molar-refractivity contribution >= 4 is 22.6 Å². The molecule has 2 heterocycles. The highest BCUT2D eigenvalue weighted by Crippen LogP contribution is 2.41. The fraction of sp³-hybridized carbons (Fsp3) is 0.125. The van der Waals surface area contributed by atoms with Gasteiger partial charge >= 0.3 is 12.1 Å². The molecule has 27 heavy (non-hydrogen) atoms. The van der Waals surface area contributed by atoms with Gasteiger partial charge in [0, 0.05) is 0 Å². The number of carbonyl (C=O) groups is 1. The Bertz CT molecular complexity index is 1110. The van der Waals surface area contributed by atoms with Crippen LogP contribution in [0, 0.1) is 15.9 Å². The standard InChI is InChI=1S/C16H7F4N3O4/c17-10-5-11(23(25)26)9-6-21-22-12(15(24)27-14(10)13(9)22)7-1-3-8(4-2-7)16(18,19)20/h1-6,12H. The summed E-state index contributed by atoms with van der Waals surface area (Å²) >= 11 is 0. The number of benzene rings is 2. The lowest BCUT2D eigenvalue weighted by molar-refractivity contribution is -0.383. The fourth-order valence-electron chi connectivity index (χ4n) is 2.98. The van der Waals surface area contributed by atoms with Crippen LogP contribution in [0.2, 0.25) is 0 Å². The predicted molar refractivity (Wildman–Crippen MR) is 81.6 cm³/mol. The molecule has 7 nitrogen and oxygen atoms in total. The first-order valence-corrected chi connectivity index (χ1v) is 7.41. The first-order chi connectivity index (χ1) is 12.7. The van der Waals surface area contributed by atoms with Gasteiger partial charge in [0.15, 0.2) is 17.6 Å². The largest absolute Gasteiger partial charge is 0.419 e. The molecule has 1 unspecified atom stereocenters. The summed E-state index contributed by atoms with van der Waals surface area (Å²) in [7, 11) is 0. The van der Waals surface area contributed by atoms with Gasteiger partial charge in [-0.2, -0.15) is 18.3 Å². The van der Waals surface area contributed by atoms with Crippen molar-refractivity contribution in [1.82, 2.24) is 9.78 Å². The van der Waals surface area contributed by atoms with Gasteiger partial charge in [-0.25, -0.2) is 13.9 Å². The Labute approximate surface area is 146 Å². The van der Waals surface area contributed by atoms with E-state index in [1.807, 2.05) is 0 Å². The minimum Gasteiger partial charge on any atom is -0.419 e. The Balaban J connectivity index is 1.90. The molecule has 2 aromatic carbocycles. The minimum absolute atomic E-state index is 0.0548. The van der Waals surface area contributed by atoms with E-state index in [1.54, 1.807) is 0 Å². The molecule has 1 aliphatic rings. The molecule has 4 rings (SSSR count). The van der Waals surface area contributed by atoms with Crippen LogP contribution in [0.3, 0.4) is 0 Å². The Morgan fingerprint density at radius 2 is 1.89 bits per heavy atom. The molecule has 11 heteroatoms. The zero-order valence-electron chi connectivity index (χ0n) is 13.0. The van der Waals surface area contributed by atoms with E-state index in [4.69, 9.17) is 4.74 Å². The normalized spacial score (nSPS) is 16.4. The summed E-state index contributed by atoms with van der Waals surface area (Å²) < 4.78 is 58.3. The van der Waals surface area contributed by atoms with Crippen LogP contribution < -0.4 is 4.74 Å². The van der Waals surface area contributed by atoms with Gasteiger partial charge in [0.25, 0.3) is 5.69 Å². The third kappa shape index (κ3) is 2.50. The van der Waals surface area contributed by atoms with E-state index in [1.165, 1.54) is 0 Å². The smallest absolute Gasteiger partial charge is 0.416 e. The number of nitro groups is 1. The lowest BCUT2D eigenvalue weighted by Gasteiger charge is -2.23. The molecule has 1 aromatic heterocycles. The Morgan fingerprint density at radius 3 is 2.48 bits per heavy atom. The Morgan fingerprint density at radius 1 is 1.22 bits per heavy atom. The van der Waals surface area contributed by atoms with Crippen LogP contribution in [0.25, 0.3) is 10.9 Å². The Kier molecular flexibility index (Phi) is 3.45. The van der Waals surface area contributed by atoms with Crippen LogP contribution in [0.1, 0.15) is 17.2 Å². The molecule has 0 aliphatic carbocycles. The zero-order chi connectivity index (χ0) is 19.5. The number of aromatic nitrogens is 2. The molecular formula is C16H7F4N3O4. The van der Waals surface area contributed by atoms with Crippen LogP contribution in [-0.2, 0) is 11.0 Å². The molecule has 0 bridgehead atoms. The van der Waals surface area contributed by atoms with Crippen molar-refractivity contribution in [2.45, 2.75) is 12.2 Å². The molecular weight excluding hydrogens is 374 g/mol. The molecule has 0 radical (unpaired) electrons. The maximum atomic E-state index is 14.2. The maximum absolute atomic E-state index is 14.2. The van der Waals surface area contributed by atoms with Gasteiger partial charge in [0.1, 0.15) is 10.9 Å². The van der Waals surface area contributed by atoms with Gasteiger partial charge in [-0.3, -0.25) is 10.1 Å². The molecule has 0 saturated carbocycles. The highest BCUT2D eigenvalue weighted by Gasteiger charge is 2.38. The lowest BCUT2D eigenvalue weighted by atomic mass is 10.0. The number of nitrogens with zero attached hydrogens (tertiary/aromatic N) is 3. The number of halogens is 4. The average molecular weight is 381 g/mol. The fourth-order valence-corrected chi connectivity index (χ4v) is 2.98. The number of ether oxygens (including phenoxy) is 1. The molecule has 1 aliphatic heterocycles. The predicted octanol–water partition coefficient (Wildman–Crippen LogP) is 3.61. The van der Waals surface area contributed by atoms with E-state index >= 15 is 0 Å². The van der Waals surface area contributed by atoms with E-state index in [9.17, 15) is 32.5 Å². The second kappa shape index (κ2) is 5.50. The quantitative estimate of drug-likeness (QED) is 0.223. The first-order valence-electron chi connectivity index (χ1n) is 7.41. The summed E-state index contributed by atoms with van der Waals surface area (Å²) in [6.45, 7) is 0. The number of hydrogen-bond acceptors (Lipinski definition) is 5. The van der Waals surface area contributed by atoms with Crippen LogP contribution in [0.5, 0.6) is 5.75 Å². The van der Waals surface area contributed by atoms with E-state index in [0.717, 1.165) is 35.1 Å². The molecule has 0 N–H and O–H groups in total. The Hall–Kier alpha value is -3.50. The number of rotatable bonds is 2. The summed E-state index contributed by atoms with van der Waals surface area (Å²) in [4.78, 5) is 22.7. The number of hydrogen-bond donors (Lipinski definition) is 0.